The van der Waals surface area contributed by atoms with Crippen LogP contribution in [0.4, 0.5) is 0 Å². The fraction of sp³-hybridized carbons (Fsp3) is 0.130. The lowest BCUT2D eigenvalue weighted by Gasteiger charge is -2.07. The summed E-state index contributed by atoms with van der Waals surface area (Å²) in [6.45, 7) is 2.53. The summed E-state index contributed by atoms with van der Waals surface area (Å²) in [5.74, 6) is 1.11. The smallest absolute Gasteiger partial charge is 0.271 e. The number of hydrogen-bond donors (Lipinski definition) is 1. The molecule has 0 saturated carbocycles. The fourth-order valence-corrected chi connectivity index (χ4v) is 2.88. The molecule has 0 radical (unpaired) electrons. The number of methoxy groups -OCH3 is 1. The molecule has 0 aliphatic rings. The number of amides is 1. The van der Waals surface area contributed by atoms with Crippen molar-refractivity contribution in [2.45, 2.75) is 13.5 Å². The van der Waals surface area contributed by atoms with Crippen molar-refractivity contribution in [3.8, 4) is 11.5 Å². The lowest BCUT2D eigenvalue weighted by Crippen LogP contribution is -2.17. The van der Waals surface area contributed by atoms with Crippen molar-refractivity contribution in [1.29, 1.82) is 0 Å². The molecule has 0 aliphatic heterocycles. The first kappa shape index (κ1) is 20.6. The lowest BCUT2D eigenvalue weighted by atomic mass is 10.2. The highest BCUT2D eigenvalue weighted by molar-refractivity contribution is 9.10. The Hall–Kier alpha value is -3.12. The maximum absolute atomic E-state index is 12.3. The number of hydrogen-bond acceptors (Lipinski definition) is 4. The third kappa shape index (κ3) is 5.93. The average molecular weight is 453 g/mol. The van der Waals surface area contributed by atoms with E-state index in [0.29, 0.717) is 23.7 Å². The molecule has 6 heteroatoms. The van der Waals surface area contributed by atoms with Crippen molar-refractivity contribution >= 4 is 28.1 Å². The maximum atomic E-state index is 12.3. The number of rotatable bonds is 7. The summed E-state index contributed by atoms with van der Waals surface area (Å²) in [6, 6.07) is 20.6. The molecule has 1 N–H and O–H groups in total. The van der Waals surface area contributed by atoms with E-state index in [4.69, 9.17) is 9.47 Å². The molecule has 0 spiro atoms. The Balaban J connectivity index is 1.55. The lowest BCUT2D eigenvalue weighted by molar-refractivity contribution is 0.0955. The highest BCUT2D eigenvalue weighted by atomic mass is 79.9. The monoisotopic (exact) mass is 452 g/mol. The second-order valence-corrected chi connectivity index (χ2v) is 7.24. The minimum atomic E-state index is -0.301. The molecule has 0 bridgehead atoms. The van der Waals surface area contributed by atoms with E-state index >= 15 is 0 Å². The molecule has 5 nitrogen and oxygen atoms in total. The van der Waals surface area contributed by atoms with Crippen molar-refractivity contribution in [1.82, 2.24) is 5.43 Å². The van der Waals surface area contributed by atoms with Crippen LogP contribution in [-0.2, 0) is 6.61 Å². The summed E-state index contributed by atoms with van der Waals surface area (Å²) in [5, 5.41) is 4.02. The van der Waals surface area contributed by atoms with Crippen LogP contribution < -0.4 is 14.9 Å². The summed E-state index contributed by atoms with van der Waals surface area (Å²) in [7, 11) is 1.60. The molecule has 148 valence electrons. The van der Waals surface area contributed by atoms with E-state index in [1.165, 1.54) is 5.56 Å². The van der Waals surface area contributed by atoms with Gasteiger partial charge in [0.15, 0.2) is 0 Å². The summed E-state index contributed by atoms with van der Waals surface area (Å²) in [6.07, 6.45) is 1.56. The molecule has 0 atom stereocenters. The Bertz CT molecular complexity index is 1000. The van der Waals surface area contributed by atoms with Gasteiger partial charge in [-0.15, -0.1) is 0 Å². The van der Waals surface area contributed by atoms with E-state index in [1.54, 1.807) is 37.6 Å². The van der Waals surface area contributed by atoms with E-state index < -0.39 is 0 Å². The van der Waals surface area contributed by atoms with Crippen LogP contribution in [0.15, 0.2) is 76.3 Å². The number of hydrazone groups is 1. The molecule has 0 aliphatic carbocycles. The second kappa shape index (κ2) is 9.89. The molecule has 3 rings (SSSR count). The second-order valence-electron chi connectivity index (χ2n) is 6.39. The maximum Gasteiger partial charge on any atom is 0.271 e. The number of nitrogens with one attached hydrogen (secondary N) is 1. The Kier molecular flexibility index (Phi) is 7.03. The van der Waals surface area contributed by atoms with E-state index in [1.807, 2.05) is 37.3 Å². The zero-order chi connectivity index (χ0) is 20.6. The van der Waals surface area contributed by atoms with Crippen molar-refractivity contribution in [3.63, 3.8) is 0 Å². The van der Waals surface area contributed by atoms with Crippen LogP contribution in [0.1, 0.15) is 27.0 Å². The van der Waals surface area contributed by atoms with E-state index in [0.717, 1.165) is 15.6 Å². The van der Waals surface area contributed by atoms with Gasteiger partial charge in [-0.2, -0.15) is 5.10 Å². The van der Waals surface area contributed by atoms with Crippen LogP contribution in [0, 0.1) is 6.92 Å². The molecule has 0 fully saturated rings. The number of ether oxygens (including phenoxy) is 2. The van der Waals surface area contributed by atoms with Gasteiger partial charge in [0.1, 0.15) is 18.1 Å². The third-order valence-electron chi connectivity index (χ3n) is 4.22. The van der Waals surface area contributed by atoms with Gasteiger partial charge in [-0.3, -0.25) is 4.79 Å². The Morgan fingerprint density at radius 2 is 1.72 bits per heavy atom. The average Bonchev–Trinajstić information content (AvgIpc) is 2.75. The van der Waals surface area contributed by atoms with Crippen LogP contribution in [0.3, 0.4) is 0 Å². The van der Waals surface area contributed by atoms with Gasteiger partial charge in [0.2, 0.25) is 0 Å². The quantitative estimate of drug-likeness (QED) is 0.400. The van der Waals surface area contributed by atoms with Gasteiger partial charge in [0, 0.05) is 15.6 Å². The summed E-state index contributed by atoms with van der Waals surface area (Å²) in [5.41, 5.74) is 6.12. The van der Waals surface area contributed by atoms with Crippen LogP contribution in [0.25, 0.3) is 0 Å². The van der Waals surface area contributed by atoms with Crippen LogP contribution in [-0.4, -0.2) is 19.2 Å². The van der Waals surface area contributed by atoms with Crippen molar-refractivity contribution in [2.75, 3.05) is 7.11 Å². The molecular formula is C23H21BrN2O3. The molecular weight excluding hydrogens is 432 g/mol. The molecule has 3 aromatic rings. The summed E-state index contributed by atoms with van der Waals surface area (Å²) < 4.78 is 11.8. The molecule has 0 aromatic heterocycles. The molecule has 3 aromatic carbocycles. The van der Waals surface area contributed by atoms with Crippen LogP contribution >= 0.6 is 15.9 Å². The fourth-order valence-electron chi connectivity index (χ4n) is 2.53. The number of nitrogens with zero attached hydrogens (tertiary/aromatic N) is 1. The number of halogens is 1. The Morgan fingerprint density at radius 1 is 1.03 bits per heavy atom. The molecule has 0 heterocycles. The van der Waals surface area contributed by atoms with Crippen molar-refractivity contribution in [2.24, 2.45) is 5.10 Å². The van der Waals surface area contributed by atoms with Gasteiger partial charge in [0.25, 0.3) is 5.91 Å². The van der Waals surface area contributed by atoms with Gasteiger partial charge >= 0.3 is 0 Å². The highest BCUT2D eigenvalue weighted by Crippen LogP contribution is 2.21. The highest BCUT2D eigenvalue weighted by Gasteiger charge is 2.05. The summed E-state index contributed by atoms with van der Waals surface area (Å²) in [4.78, 5) is 12.3. The molecule has 1 amide bonds. The Morgan fingerprint density at radius 3 is 2.41 bits per heavy atom. The summed E-state index contributed by atoms with van der Waals surface area (Å²) >= 11 is 3.44. The number of carbonyl (C=O) groups is 1. The van der Waals surface area contributed by atoms with E-state index in [2.05, 4.69) is 38.6 Å². The van der Waals surface area contributed by atoms with Crippen LogP contribution in [0.2, 0.25) is 0 Å². The SMILES string of the molecule is COc1ccc(Br)c(/C=N/NC(=O)c2ccc(OCc3ccc(C)cc3)cc2)c1. The first-order valence-electron chi connectivity index (χ1n) is 9.00. The minimum Gasteiger partial charge on any atom is -0.497 e. The van der Waals surface area contributed by atoms with Crippen LogP contribution in [0.5, 0.6) is 11.5 Å². The normalized spacial score (nSPS) is 10.7. The topological polar surface area (TPSA) is 59.9 Å². The van der Waals surface area contributed by atoms with Crippen molar-refractivity contribution in [3.05, 3.63) is 93.5 Å². The molecule has 0 unspecified atom stereocenters. The van der Waals surface area contributed by atoms with Gasteiger partial charge in [-0.05, 0) is 55.0 Å². The third-order valence-corrected chi connectivity index (χ3v) is 4.94. The van der Waals surface area contributed by atoms with Gasteiger partial charge in [-0.1, -0.05) is 45.8 Å². The molecule has 29 heavy (non-hydrogen) atoms. The molecule has 0 saturated heterocycles. The van der Waals surface area contributed by atoms with Crippen molar-refractivity contribution < 1.29 is 14.3 Å². The minimum absolute atomic E-state index is 0.301. The predicted molar refractivity (Wildman–Crippen MR) is 118 cm³/mol. The van der Waals surface area contributed by atoms with Gasteiger partial charge in [0.05, 0.1) is 13.3 Å². The largest absolute Gasteiger partial charge is 0.497 e. The first-order chi connectivity index (χ1) is 14.0. The predicted octanol–water partition coefficient (Wildman–Crippen LogP) is 5.11. The number of aryl methyl sites for hydroxylation is 1. The zero-order valence-electron chi connectivity index (χ0n) is 16.2. The van der Waals surface area contributed by atoms with Gasteiger partial charge in [-0.25, -0.2) is 5.43 Å². The van der Waals surface area contributed by atoms with E-state index in [9.17, 15) is 4.79 Å². The Labute approximate surface area is 178 Å². The zero-order valence-corrected chi connectivity index (χ0v) is 17.8. The van der Waals surface area contributed by atoms with Gasteiger partial charge < -0.3 is 9.47 Å². The standard InChI is InChI=1S/C23H21BrN2O3/c1-16-3-5-17(6-4-16)15-29-20-9-7-18(8-10-20)23(27)26-25-14-19-13-21(28-2)11-12-22(19)24/h3-14H,15H2,1-2H3,(H,26,27)/b25-14+. The first-order valence-corrected chi connectivity index (χ1v) is 9.80. The number of carbonyl (C=O) groups excluding carboxylic acids is 1. The van der Waals surface area contributed by atoms with E-state index in [-0.39, 0.29) is 5.91 Å². The number of benzene rings is 3.